The van der Waals surface area contributed by atoms with Gasteiger partial charge in [0.15, 0.2) is 5.69 Å². The van der Waals surface area contributed by atoms with E-state index >= 15 is 0 Å². The first-order valence-corrected chi connectivity index (χ1v) is 8.13. The zero-order valence-corrected chi connectivity index (χ0v) is 14.7. The van der Waals surface area contributed by atoms with Crippen molar-refractivity contribution in [1.82, 2.24) is 10.3 Å². The molecule has 1 aromatic heterocycles. The average Bonchev–Trinajstić information content (AvgIpc) is 2.67. The number of allylic oxidation sites excluding steroid dienone is 1. The number of nitrogens with zero attached hydrogens (tertiary/aromatic N) is 2. The first kappa shape index (κ1) is 19.6. The monoisotopic (exact) mass is 368 g/mol. The van der Waals surface area contributed by atoms with Gasteiger partial charge in [0.1, 0.15) is 5.75 Å². The van der Waals surface area contributed by atoms with Crippen LogP contribution in [0.15, 0.2) is 53.8 Å². The molecule has 1 aromatic carbocycles. The summed E-state index contributed by atoms with van der Waals surface area (Å²) in [6.45, 7) is 1.39. The molecule has 0 bridgehead atoms. The third kappa shape index (κ3) is 5.40. The summed E-state index contributed by atoms with van der Waals surface area (Å²) in [5.41, 5.74) is 7.15. The molecule has 2 rings (SSSR count). The Kier molecular flexibility index (Phi) is 6.65. The lowest BCUT2D eigenvalue weighted by Gasteiger charge is -2.10. The molecule has 27 heavy (non-hydrogen) atoms. The molecular formula is C19H20N4O4. The van der Waals surface area contributed by atoms with Crippen LogP contribution in [-0.4, -0.2) is 39.8 Å². The largest absolute Gasteiger partial charge is 0.505 e. The number of aromatic hydroxyl groups is 1. The lowest BCUT2D eigenvalue weighted by Crippen LogP contribution is -2.32. The molecule has 5 N–H and O–H groups in total. The Morgan fingerprint density at radius 2 is 2.04 bits per heavy atom. The van der Waals surface area contributed by atoms with E-state index < -0.39 is 17.8 Å². The van der Waals surface area contributed by atoms with Crippen molar-refractivity contribution >= 4 is 29.4 Å². The number of nitrogens with one attached hydrogen (secondary N) is 1. The number of benzene rings is 1. The molecule has 1 atom stereocenters. The molecular weight excluding hydrogens is 348 g/mol. The number of pyridine rings is 1. The molecule has 8 nitrogen and oxygen atoms in total. The van der Waals surface area contributed by atoms with Gasteiger partial charge in [0, 0.05) is 36.3 Å². The molecule has 140 valence electrons. The normalized spacial score (nSPS) is 12.7. The Labute approximate surface area is 156 Å². The highest BCUT2D eigenvalue weighted by Crippen LogP contribution is 2.21. The predicted octanol–water partition coefficient (Wildman–Crippen LogP) is 1.94. The predicted molar refractivity (Wildman–Crippen MR) is 102 cm³/mol. The Morgan fingerprint density at radius 1 is 1.33 bits per heavy atom. The highest BCUT2D eigenvalue weighted by atomic mass is 16.4. The van der Waals surface area contributed by atoms with E-state index in [-0.39, 0.29) is 18.0 Å². The lowest BCUT2D eigenvalue weighted by molar-refractivity contribution is -0.140. The zero-order chi connectivity index (χ0) is 19.8. The average molecular weight is 368 g/mol. The van der Waals surface area contributed by atoms with Crippen LogP contribution < -0.4 is 11.1 Å². The number of hydrogen-bond donors (Lipinski definition) is 4. The first-order chi connectivity index (χ1) is 12.9. The molecule has 0 saturated heterocycles. The van der Waals surface area contributed by atoms with Crippen molar-refractivity contribution in [2.45, 2.75) is 6.92 Å². The zero-order valence-electron chi connectivity index (χ0n) is 14.7. The molecule has 1 unspecified atom stereocenters. The van der Waals surface area contributed by atoms with Crippen molar-refractivity contribution < 1.29 is 19.8 Å². The van der Waals surface area contributed by atoms with Gasteiger partial charge in [-0.2, -0.15) is 0 Å². The Hall–Kier alpha value is -3.68. The molecule has 0 radical (unpaired) electrons. The summed E-state index contributed by atoms with van der Waals surface area (Å²) >= 11 is 0. The molecule has 1 heterocycles. The van der Waals surface area contributed by atoms with Crippen molar-refractivity contribution in [1.29, 1.82) is 0 Å². The van der Waals surface area contributed by atoms with Crippen LogP contribution in [-0.2, 0) is 4.79 Å². The van der Waals surface area contributed by atoms with Gasteiger partial charge in [0.25, 0.3) is 5.91 Å². The Morgan fingerprint density at radius 3 is 2.63 bits per heavy atom. The number of carbonyl (C=O) groups is 2. The fourth-order valence-electron chi connectivity index (χ4n) is 2.07. The van der Waals surface area contributed by atoms with Gasteiger partial charge in [-0.3, -0.25) is 14.6 Å². The maximum atomic E-state index is 12.1. The molecule has 0 spiro atoms. The number of para-hydroxylation sites is 1. The highest BCUT2D eigenvalue weighted by molar-refractivity contribution is 6.10. The van der Waals surface area contributed by atoms with Gasteiger partial charge in [0.05, 0.1) is 11.6 Å². The van der Waals surface area contributed by atoms with Crippen LogP contribution in [0.2, 0.25) is 0 Å². The van der Waals surface area contributed by atoms with Crippen LogP contribution in [0.4, 0.5) is 5.69 Å². The number of amides is 1. The van der Waals surface area contributed by atoms with Crippen molar-refractivity contribution in [3.63, 3.8) is 0 Å². The minimum atomic E-state index is -1.03. The first-order valence-electron chi connectivity index (χ1n) is 8.13. The van der Waals surface area contributed by atoms with E-state index in [0.717, 1.165) is 5.69 Å². The standard InChI is InChI=1S/C19H20N4O4/c1-12(19(26)27)9-23-18(25)17-16(24)7-13(10-22-17)14(8-20)11-21-15-5-3-2-4-6-15/h2-8,10-12,24H,9,20H2,1H3,(H,23,25)(H,26,27)/b14-8+,21-11?. The summed E-state index contributed by atoms with van der Waals surface area (Å²) in [4.78, 5) is 31.1. The van der Waals surface area contributed by atoms with E-state index in [1.54, 1.807) is 0 Å². The maximum absolute atomic E-state index is 12.1. The second-order valence-corrected chi connectivity index (χ2v) is 5.76. The summed E-state index contributed by atoms with van der Waals surface area (Å²) in [6, 6.07) is 10.6. The molecule has 0 aliphatic heterocycles. The van der Waals surface area contributed by atoms with E-state index in [1.807, 2.05) is 30.3 Å². The van der Waals surface area contributed by atoms with Crippen LogP contribution in [0.3, 0.4) is 0 Å². The number of aliphatic carboxylic acids is 1. The number of aromatic nitrogens is 1. The van der Waals surface area contributed by atoms with Crippen molar-refractivity contribution in [2.24, 2.45) is 16.6 Å². The fourth-order valence-corrected chi connectivity index (χ4v) is 2.07. The van der Waals surface area contributed by atoms with Crippen molar-refractivity contribution in [3.05, 3.63) is 60.1 Å². The topological polar surface area (TPSA) is 138 Å². The second kappa shape index (κ2) is 9.14. The molecule has 0 aliphatic rings. The smallest absolute Gasteiger partial charge is 0.308 e. The van der Waals surface area contributed by atoms with Crippen molar-refractivity contribution in [2.75, 3.05) is 6.54 Å². The molecule has 2 aromatic rings. The second-order valence-electron chi connectivity index (χ2n) is 5.76. The summed E-state index contributed by atoms with van der Waals surface area (Å²) in [5.74, 6) is -2.79. The van der Waals surface area contributed by atoms with Gasteiger partial charge >= 0.3 is 5.97 Å². The molecule has 8 heteroatoms. The minimum Gasteiger partial charge on any atom is -0.505 e. The van der Waals surface area contributed by atoms with Crippen LogP contribution >= 0.6 is 0 Å². The fraction of sp³-hybridized carbons (Fsp3) is 0.158. The number of rotatable bonds is 7. The van der Waals surface area contributed by atoms with E-state index in [1.165, 1.54) is 31.6 Å². The van der Waals surface area contributed by atoms with E-state index in [2.05, 4.69) is 15.3 Å². The van der Waals surface area contributed by atoms with E-state index in [4.69, 9.17) is 10.8 Å². The molecule has 0 fully saturated rings. The molecule has 0 aliphatic carbocycles. The summed E-state index contributed by atoms with van der Waals surface area (Å²) in [7, 11) is 0. The molecule has 1 amide bonds. The highest BCUT2D eigenvalue weighted by Gasteiger charge is 2.17. The van der Waals surface area contributed by atoms with E-state index in [9.17, 15) is 14.7 Å². The van der Waals surface area contributed by atoms with Gasteiger partial charge in [-0.05, 0) is 18.2 Å². The Bertz CT molecular complexity index is 879. The third-order valence-electron chi connectivity index (χ3n) is 3.69. The van der Waals surface area contributed by atoms with Crippen LogP contribution in [0.5, 0.6) is 5.75 Å². The van der Waals surface area contributed by atoms with E-state index in [0.29, 0.717) is 11.1 Å². The summed E-state index contributed by atoms with van der Waals surface area (Å²) < 4.78 is 0. The minimum absolute atomic E-state index is 0.0747. The number of carboxylic acids is 1. The number of hydrogen-bond acceptors (Lipinski definition) is 6. The van der Waals surface area contributed by atoms with Gasteiger partial charge in [-0.1, -0.05) is 25.1 Å². The number of carbonyl (C=O) groups excluding carboxylic acids is 1. The number of nitrogens with two attached hydrogens (primary N) is 1. The molecule has 0 saturated carbocycles. The summed E-state index contributed by atoms with van der Waals surface area (Å²) in [6.07, 6.45) is 4.22. The van der Waals surface area contributed by atoms with Gasteiger partial charge in [-0.25, -0.2) is 4.98 Å². The van der Waals surface area contributed by atoms with Crippen LogP contribution in [0, 0.1) is 5.92 Å². The Balaban J connectivity index is 2.13. The van der Waals surface area contributed by atoms with Gasteiger partial charge in [-0.15, -0.1) is 0 Å². The summed E-state index contributed by atoms with van der Waals surface area (Å²) in [5, 5.41) is 21.4. The van der Waals surface area contributed by atoms with Crippen LogP contribution in [0.1, 0.15) is 23.0 Å². The third-order valence-corrected chi connectivity index (χ3v) is 3.69. The van der Waals surface area contributed by atoms with Gasteiger partial charge < -0.3 is 21.3 Å². The van der Waals surface area contributed by atoms with Crippen LogP contribution in [0.25, 0.3) is 5.57 Å². The number of carboxylic acid groups (broad SMARTS) is 1. The maximum Gasteiger partial charge on any atom is 0.308 e. The quantitative estimate of drug-likeness (QED) is 0.551. The lowest BCUT2D eigenvalue weighted by atomic mass is 10.1. The number of aliphatic imine (C=N–C) groups is 1. The van der Waals surface area contributed by atoms with Crippen molar-refractivity contribution in [3.8, 4) is 5.75 Å². The SMILES string of the molecule is CC(CNC(=O)c1ncc(/C(C=Nc2ccccc2)=C/N)cc1O)C(=O)O. The van der Waals surface area contributed by atoms with Gasteiger partial charge in [0.2, 0.25) is 0 Å².